The van der Waals surface area contributed by atoms with Gasteiger partial charge in [0.15, 0.2) is 0 Å². The number of hydrogen-bond donors (Lipinski definition) is 0. The highest BCUT2D eigenvalue weighted by atomic mass is 32.2. The van der Waals surface area contributed by atoms with Crippen LogP contribution in [0.2, 0.25) is 0 Å². The maximum Gasteiger partial charge on any atom is 0.0184 e. The smallest absolute Gasteiger partial charge is 0.0184 e. The fourth-order valence-electron chi connectivity index (χ4n) is 2.42. The van der Waals surface area contributed by atoms with Crippen LogP contribution in [0, 0.1) is 12.8 Å². The molecule has 1 saturated carbocycles. The van der Waals surface area contributed by atoms with Crippen molar-refractivity contribution >= 4 is 11.8 Å². The summed E-state index contributed by atoms with van der Waals surface area (Å²) < 4.78 is 0. The molecular formula is C15H22S. The second kappa shape index (κ2) is 6.34. The lowest BCUT2D eigenvalue weighted by atomic mass is 10.1. The molecule has 16 heavy (non-hydrogen) atoms. The summed E-state index contributed by atoms with van der Waals surface area (Å²) >= 11 is 2.10. The normalized spacial score (nSPS) is 16.8. The Balaban J connectivity index is 1.62. The van der Waals surface area contributed by atoms with Gasteiger partial charge in [0.25, 0.3) is 0 Å². The van der Waals surface area contributed by atoms with Crippen molar-refractivity contribution in [3.05, 3.63) is 35.4 Å². The topological polar surface area (TPSA) is 0 Å². The van der Waals surface area contributed by atoms with E-state index in [-0.39, 0.29) is 0 Å². The predicted octanol–water partition coefficient (Wildman–Crippen LogP) is 4.81. The summed E-state index contributed by atoms with van der Waals surface area (Å²) in [5, 5.41) is 0. The van der Waals surface area contributed by atoms with E-state index in [4.69, 9.17) is 0 Å². The van der Waals surface area contributed by atoms with Crippen molar-refractivity contribution in [3.63, 3.8) is 0 Å². The first kappa shape index (κ1) is 12.0. The number of rotatable bonds is 5. The molecule has 0 bridgehead atoms. The molecule has 0 atom stereocenters. The molecule has 0 spiro atoms. The fraction of sp³-hybridized carbons (Fsp3) is 0.600. The van der Waals surface area contributed by atoms with Gasteiger partial charge in [-0.1, -0.05) is 55.5 Å². The van der Waals surface area contributed by atoms with Crippen molar-refractivity contribution in [1.82, 2.24) is 0 Å². The number of aryl methyl sites for hydroxylation is 1. The van der Waals surface area contributed by atoms with Crippen LogP contribution < -0.4 is 0 Å². The van der Waals surface area contributed by atoms with Crippen LogP contribution in [0.15, 0.2) is 24.3 Å². The molecule has 0 nitrogen and oxygen atoms in total. The Kier molecular flexibility index (Phi) is 4.77. The SMILES string of the molecule is Cc1ccc(CSCCC2CCCC2)cc1. The maximum atomic E-state index is 2.26. The van der Waals surface area contributed by atoms with Crippen LogP contribution in [0.5, 0.6) is 0 Å². The van der Waals surface area contributed by atoms with Crippen LogP contribution in [-0.2, 0) is 5.75 Å². The lowest BCUT2D eigenvalue weighted by Crippen LogP contribution is -1.95. The van der Waals surface area contributed by atoms with E-state index in [0.29, 0.717) is 0 Å². The number of hydrogen-bond acceptors (Lipinski definition) is 1. The Hall–Kier alpha value is -0.430. The summed E-state index contributed by atoms with van der Waals surface area (Å²) in [6.07, 6.45) is 7.38. The third-order valence-corrected chi connectivity index (χ3v) is 4.60. The molecule has 2 rings (SSSR count). The molecule has 0 radical (unpaired) electrons. The average Bonchev–Trinajstić information content (AvgIpc) is 2.80. The lowest BCUT2D eigenvalue weighted by Gasteiger charge is -2.08. The summed E-state index contributed by atoms with van der Waals surface area (Å²) in [5.74, 6) is 3.58. The van der Waals surface area contributed by atoms with Gasteiger partial charge in [0.1, 0.15) is 0 Å². The van der Waals surface area contributed by atoms with Crippen molar-refractivity contribution in [2.24, 2.45) is 5.92 Å². The minimum absolute atomic E-state index is 1.05. The highest BCUT2D eigenvalue weighted by molar-refractivity contribution is 7.98. The molecule has 1 aliphatic carbocycles. The molecule has 0 N–H and O–H groups in total. The largest absolute Gasteiger partial charge is 0.157 e. The average molecular weight is 234 g/mol. The molecule has 88 valence electrons. The monoisotopic (exact) mass is 234 g/mol. The molecule has 1 aromatic carbocycles. The molecule has 1 fully saturated rings. The molecule has 0 heterocycles. The zero-order valence-corrected chi connectivity index (χ0v) is 11.1. The zero-order valence-electron chi connectivity index (χ0n) is 10.2. The van der Waals surface area contributed by atoms with E-state index in [1.165, 1.54) is 54.7 Å². The van der Waals surface area contributed by atoms with Gasteiger partial charge in [0.2, 0.25) is 0 Å². The van der Waals surface area contributed by atoms with Gasteiger partial charge in [-0.15, -0.1) is 0 Å². The van der Waals surface area contributed by atoms with Gasteiger partial charge in [0, 0.05) is 5.75 Å². The van der Waals surface area contributed by atoms with E-state index < -0.39 is 0 Å². The highest BCUT2D eigenvalue weighted by Gasteiger charge is 2.13. The van der Waals surface area contributed by atoms with Gasteiger partial charge in [-0.05, 0) is 30.6 Å². The number of benzene rings is 1. The summed E-state index contributed by atoms with van der Waals surface area (Å²) in [6.45, 7) is 2.15. The third-order valence-electron chi connectivity index (χ3n) is 3.53. The third kappa shape index (κ3) is 3.86. The number of thioether (sulfide) groups is 1. The van der Waals surface area contributed by atoms with Crippen molar-refractivity contribution in [2.75, 3.05) is 5.75 Å². The van der Waals surface area contributed by atoms with Gasteiger partial charge >= 0.3 is 0 Å². The van der Waals surface area contributed by atoms with E-state index in [1.807, 2.05) is 0 Å². The zero-order chi connectivity index (χ0) is 11.2. The Bertz CT molecular complexity index is 296. The van der Waals surface area contributed by atoms with Crippen molar-refractivity contribution in [1.29, 1.82) is 0 Å². The Morgan fingerprint density at radius 2 is 1.81 bits per heavy atom. The second-order valence-corrected chi connectivity index (χ2v) is 6.08. The molecule has 1 aromatic rings. The summed E-state index contributed by atoms with van der Waals surface area (Å²) in [7, 11) is 0. The summed E-state index contributed by atoms with van der Waals surface area (Å²) in [6, 6.07) is 8.95. The highest BCUT2D eigenvalue weighted by Crippen LogP contribution is 2.29. The van der Waals surface area contributed by atoms with Crippen LogP contribution in [0.1, 0.15) is 43.2 Å². The summed E-state index contributed by atoms with van der Waals surface area (Å²) in [5.41, 5.74) is 2.83. The minimum atomic E-state index is 1.05. The van der Waals surface area contributed by atoms with Gasteiger partial charge in [-0.2, -0.15) is 11.8 Å². The second-order valence-electron chi connectivity index (χ2n) is 4.98. The van der Waals surface area contributed by atoms with E-state index in [2.05, 4.69) is 43.0 Å². The first-order chi connectivity index (χ1) is 7.84. The van der Waals surface area contributed by atoms with Crippen LogP contribution >= 0.6 is 11.8 Å². The first-order valence-corrected chi connectivity index (χ1v) is 7.63. The van der Waals surface area contributed by atoms with Crippen LogP contribution in [0.3, 0.4) is 0 Å². The van der Waals surface area contributed by atoms with E-state index >= 15 is 0 Å². The minimum Gasteiger partial charge on any atom is -0.157 e. The Labute approximate surface area is 104 Å². The van der Waals surface area contributed by atoms with Crippen molar-refractivity contribution in [2.45, 2.75) is 44.8 Å². The molecule has 0 aromatic heterocycles. The molecule has 0 amide bonds. The van der Waals surface area contributed by atoms with Gasteiger partial charge < -0.3 is 0 Å². The van der Waals surface area contributed by atoms with E-state index in [0.717, 1.165) is 5.92 Å². The molecule has 1 aliphatic rings. The van der Waals surface area contributed by atoms with Crippen molar-refractivity contribution < 1.29 is 0 Å². The lowest BCUT2D eigenvalue weighted by molar-refractivity contribution is 0.535. The molecule has 0 saturated heterocycles. The van der Waals surface area contributed by atoms with Gasteiger partial charge in [-0.25, -0.2) is 0 Å². The van der Waals surface area contributed by atoms with E-state index in [9.17, 15) is 0 Å². The fourth-order valence-corrected chi connectivity index (χ4v) is 3.50. The molecule has 0 unspecified atom stereocenters. The molecular weight excluding hydrogens is 212 g/mol. The maximum absolute atomic E-state index is 2.26. The van der Waals surface area contributed by atoms with E-state index in [1.54, 1.807) is 0 Å². The molecule has 1 heteroatoms. The quantitative estimate of drug-likeness (QED) is 0.659. The van der Waals surface area contributed by atoms with Crippen LogP contribution in [-0.4, -0.2) is 5.75 Å². The summed E-state index contributed by atoms with van der Waals surface area (Å²) in [4.78, 5) is 0. The Morgan fingerprint density at radius 3 is 2.50 bits per heavy atom. The first-order valence-electron chi connectivity index (χ1n) is 6.48. The van der Waals surface area contributed by atoms with Crippen LogP contribution in [0.25, 0.3) is 0 Å². The van der Waals surface area contributed by atoms with Crippen molar-refractivity contribution in [3.8, 4) is 0 Å². The standard InChI is InChI=1S/C15H22S/c1-13-6-8-15(9-7-13)12-16-11-10-14-4-2-3-5-14/h6-9,14H,2-5,10-12H2,1H3. The van der Waals surface area contributed by atoms with Gasteiger partial charge in [0.05, 0.1) is 0 Å². The predicted molar refractivity (Wildman–Crippen MR) is 73.9 cm³/mol. The molecule has 0 aliphatic heterocycles. The van der Waals surface area contributed by atoms with Gasteiger partial charge in [-0.3, -0.25) is 0 Å². The van der Waals surface area contributed by atoms with Crippen LogP contribution in [0.4, 0.5) is 0 Å². The Morgan fingerprint density at radius 1 is 1.12 bits per heavy atom.